The summed E-state index contributed by atoms with van der Waals surface area (Å²) in [6.45, 7) is 1.47. The zero-order chi connectivity index (χ0) is 10.4. The smallest absolute Gasteiger partial charge is 0.327 e. The van der Waals surface area contributed by atoms with Gasteiger partial charge in [-0.15, -0.1) is 0 Å². The van der Waals surface area contributed by atoms with Crippen LogP contribution >= 0.6 is 0 Å². The average Bonchev–Trinajstić information content (AvgIpc) is 2.42. The number of carbonyl (C=O) groups is 2. The molecule has 0 aromatic heterocycles. The predicted octanol–water partition coefficient (Wildman–Crippen LogP) is 0.202. The van der Waals surface area contributed by atoms with Gasteiger partial charge in [0.2, 0.25) is 0 Å². The molecular formula is C10H14N2O3. The van der Waals surface area contributed by atoms with E-state index in [1.807, 2.05) is 0 Å². The number of hydrogen-bond acceptors (Lipinski definition) is 3. The molecule has 82 valence electrons. The van der Waals surface area contributed by atoms with Gasteiger partial charge in [0.1, 0.15) is 6.04 Å². The maximum Gasteiger partial charge on any atom is 0.327 e. The summed E-state index contributed by atoms with van der Waals surface area (Å²) < 4.78 is 5.24. The molecule has 3 amide bonds. The van der Waals surface area contributed by atoms with Gasteiger partial charge in [0.15, 0.2) is 0 Å². The lowest BCUT2D eigenvalue weighted by molar-refractivity contribution is -0.133. The van der Waals surface area contributed by atoms with Gasteiger partial charge < -0.3 is 9.64 Å². The minimum atomic E-state index is -0.341. The number of rotatable bonds is 1. The highest BCUT2D eigenvalue weighted by Crippen LogP contribution is 2.31. The molecule has 1 saturated carbocycles. The molecule has 5 nitrogen and oxygen atoms in total. The van der Waals surface area contributed by atoms with Crippen LogP contribution in [0.3, 0.4) is 0 Å². The van der Waals surface area contributed by atoms with Crippen molar-refractivity contribution in [3.63, 3.8) is 0 Å². The number of urea groups is 1. The molecule has 0 radical (unpaired) electrons. The van der Waals surface area contributed by atoms with Crippen LogP contribution in [0.1, 0.15) is 19.3 Å². The van der Waals surface area contributed by atoms with E-state index in [4.69, 9.17) is 4.74 Å². The van der Waals surface area contributed by atoms with Crippen molar-refractivity contribution in [2.75, 3.05) is 19.8 Å². The first kappa shape index (κ1) is 9.15. The highest BCUT2D eigenvalue weighted by Gasteiger charge is 2.49. The van der Waals surface area contributed by atoms with Gasteiger partial charge in [-0.3, -0.25) is 9.69 Å². The summed E-state index contributed by atoms with van der Waals surface area (Å²) >= 11 is 0. The van der Waals surface area contributed by atoms with E-state index >= 15 is 0 Å². The largest absolute Gasteiger partial charge is 0.377 e. The van der Waals surface area contributed by atoms with Crippen LogP contribution in [0.25, 0.3) is 0 Å². The van der Waals surface area contributed by atoms with Crippen molar-refractivity contribution in [2.45, 2.75) is 31.3 Å². The van der Waals surface area contributed by atoms with Gasteiger partial charge >= 0.3 is 6.03 Å². The Hall–Kier alpha value is -1.10. The third-order valence-electron chi connectivity index (χ3n) is 3.54. The van der Waals surface area contributed by atoms with Crippen molar-refractivity contribution in [3.05, 3.63) is 0 Å². The van der Waals surface area contributed by atoms with E-state index in [0.717, 1.165) is 19.3 Å². The third kappa shape index (κ3) is 1.19. The molecule has 3 rings (SSSR count). The topological polar surface area (TPSA) is 49.9 Å². The fraction of sp³-hybridized carbons (Fsp3) is 0.800. The van der Waals surface area contributed by atoms with Gasteiger partial charge in [-0.25, -0.2) is 4.79 Å². The number of amides is 3. The van der Waals surface area contributed by atoms with E-state index in [-0.39, 0.29) is 24.0 Å². The van der Waals surface area contributed by atoms with Crippen LogP contribution in [-0.4, -0.2) is 53.6 Å². The first-order chi connectivity index (χ1) is 7.29. The average molecular weight is 210 g/mol. The quantitative estimate of drug-likeness (QED) is 0.581. The highest BCUT2D eigenvalue weighted by molar-refractivity contribution is 6.04. The second-order valence-corrected chi connectivity index (χ2v) is 4.36. The number of carbonyl (C=O) groups excluding carboxylic acids is 2. The van der Waals surface area contributed by atoms with Crippen molar-refractivity contribution in [2.24, 2.45) is 0 Å². The zero-order valence-corrected chi connectivity index (χ0v) is 8.52. The van der Waals surface area contributed by atoms with E-state index < -0.39 is 0 Å². The molecule has 1 unspecified atom stereocenters. The zero-order valence-electron chi connectivity index (χ0n) is 8.52. The van der Waals surface area contributed by atoms with Crippen molar-refractivity contribution in [1.29, 1.82) is 0 Å². The van der Waals surface area contributed by atoms with Crippen LogP contribution in [0.2, 0.25) is 0 Å². The van der Waals surface area contributed by atoms with Crippen LogP contribution in [0.15, 0.2) is 0 Å². The SMILES string of the molecule is O=C1C2COCCN2C(=O)N1C1CCC1. The maximum atomic E-state index is 12.0. The first-order valence-electron chi connectivity index (χ1n) is 5.50. The maximum absolute atomic E-state index is 12.0. The highest BCUT2D eigenvalue weighted by atomic mass is 16.5. The van der Waals surface area contributed by atoms with Crippen LogP contribution in [-0.2, 0) is 9.53 Å². The van der Waals surface area contributed by atoms with Crippen molar-refractivity contribution >= 4 is 11.9 Å². The van der Waals surface area contributed by atoms with Gasteiger partial charge in [-0.1, -0.05) is 0 Å². The molecule has 0 aromatic rings. The Bertz CT molecular complexity index is 290. The number of imide groups is 1. The number of ether oxygens (including phenoxy) is 1. The summed E-state index contributed by atoms with van der Waals surface area (Å²) in [5.74, 6) is -0.0515. The number of hydrogen-bond donors (Lipinski definition) is 0. The summed E-state index contributed by atoms with van der Waals surface area (Å²) in [4.78, 5) is 27.0. The molecule has 0 aromatic carbocycles. The Balaban J connectivity index is 1.84. The number of morpholine rings is 1. The Morgan fingerprint density at radius 1 is 1.27 bits per heavy atom. The molecule has 3 fully saturated rings. The molecule has 1 atom stereocenters. The minimum Gasteiger partial charge on any atom is -0.377 e. The summed E-state index contributed by atoms with van der Waals surface area (Å²) in [6, 6.07) is -0.277. The molecule has 3 aliphatic rings. The van der Waals surface area contributed by atoms with Crippen LogP contribution < -0.4 is 0 Å². The summed E-state index contributed by atoms with van der Waals surface area (Å²) in [6.07, 6.45) is 3.07. The Labute approximate surface area is 88.0 Å². The van der Waals surface area contributed by atoms with Gasteiger partial charge in [0, 0.05) is 12.6 Å². The van der Waals surface area contributed by atoms with Crippen molar-refractivity contribution in [1.82, 2.24) is 9.80 Å². The number of fused-ring (bicyclic) bond motifs is 1. The summed E-state index contributed by atoms with van der Waals surface area (Å²) in [7, 11) is 0. The van der Waals surface area contributed by atoms with Crippen LogP contribution in [0, 0.1) is 0 Å². The lowest BCUT2D eigenvalue weighted by atomic mass is 9.91. The molecular weight excluding hydrogens is 196 g/mol. The minimum absolute atomic E-state index is 0.0515. The normalized spacial score (nSPS) is 31.9. The number of nitrogens with zero attached hydrogens (tertiary/aromatic N) is 2. The molecule has 15 heavy (non-hydrogen) atoms. The standard InChI is InChI=1S/C10H14N2O3/c13-9-8-6-15-5-4-11(8)10(14)12(9)7-2-1-3-7/h7-8H,1-6H2. The predicted molar refractivity (Wildman–Crippen MR) is 51.2 cm³/mol. The third-order valence-corrected chi connectivity index (χ3v) is 3.54. The summed E-state index contributed by atoms with van der Waals surface area (Å²) in [5.41, 5.74) is 0. The lowest BCUT2D eigenvalue weighted by Gasteiger charge is -2.32. The molecule has 5 heteroatoms. The molecule has 2 saturated heterocycles. The molecule has 1 aliphatic carbocycles. The van der Waals surface area contributed by atoms with Gasteiger partial charge in [0.25, 0.3) is 5.91 Å². The fourth-order valence-electron chi connectivity index (χ4n) is 2.41. The Morgan fingerprint density at radius 2 is 2.07 bits per heavy atom. The van der Waals surface area contributed by atoms with E-state index in [1.54, 1.807) is 4.90 Å². The lowest BCUT2D eigenvalue weighted by Crippen LogP contribution is -2.45. The molecule has 0 bridgehead atoms. The summed E-state index contributed by atoms with van der Waals surface area (Å²) in [5, 5.41) is 0. The first-order valence-corrected chi connectivity index (χ1v) is 5.50. The van der Waals surface area contributed by atoms with Crippen LogP contribution in [0.4, 0.5) is 4.79 Å². The molecule has 0 N–H and O–H groups in total. The van der Waals surface area contributed by atoms with Gasteiger partial charge in [0.05, 0.1) is 13.2 Å². The molecule has 0 spiro atoms. The second-order valence-electron chi connectivity index (χ2n) is 4.36. The van der Waals surface area contributed by atoms with Crippen molar-refractivity contribution < 1.29 is 14.3 Å². The second kappa shape index (κ2) is 3.20. The Kier molecular flexibility index (Phi) is 1.95. The fourth-order valence-corrected chi connectivity index (χ4v) is 2.41. The van der Waals surface area contributed by atoms with E-state index in [9.17, 15) is 9.59 Å². The van der Waals surface area contributed by atoms with E-state index in [2.05, 4.69) is 0 Å². The molecule has 2 aliphatic heterocycles. The van der Waals surface area contributed by atoms with E-state index in [1.165, 1.54) is 4.90 Å². The molecule has 2 heterocycles. The van der Waals surface area contributed by atoms with Crippen molar-refractivity contribution in [3.8, 4) is 0 Å². The van der Waals surface area contributed by atoms with E-state index in [0.29, 0.717) is 19.8 Å². The Morgan fingerprint density at radius 3 is 2.67 bits per heavy atom. The monoisotopic (exact) mass is 210 g/mol. The van der Waals surface area contributed by atoms with Crippen LogP contribution in [0.5, 0.6) is 0 Å². The van der Waals surface area contributed by atoms with Gasteiger partial charge in [-0.2, -0.15) is 0 Å². The van der Waals surface area contributed by atoms with Gasteiger partial charge in [-0.05, 0) is 19.3 Å².